The van der Waals surface area contributed by atoms with Gasteiger partial charge in [-0.25, -0.2) is 0 Å². The number of hydrogen-bond donors (Lipinski definition) is 0. The Hall–Kier alpha value is -8.92. The van der Waals surface area contributed by atoms with Crippen LogP contribution < -0.4 is 9.80 Å². The summed E-state index contributed by atoms with van der Waals surface area (Å²) >= 11 is 0. The number of rotatable bonds is 7. The maximum Gasteiger partial charge on any atom is 0.0746 e. The predicted octanol–water partition coefficient (Wildman–Crippen LogP) is 17.2. The van der Waals surface area contributed by atoms with Crippen LogP contribution in [0, 0.1) is 0 Å². The third kappa shape index (κ3) is 5.54. The SMILES string of the molecule is c1ccc(N(c2ccccc2)c2ccc3c(c2)-c2ccccc2C32c3ccccc3-c3cccc(N(c4ccc5ccccc5c4)c4ccc5c6ccccc6n(-c6ccccc6)c5c4)c32)cc1. The fourth-order valence-corrected chi connectivity index (χ4v) is 11.8. The number of aromatic nitrogens is 1. The van der Waals surface area contributed by atoms with Gasteiger partial charge in [-0.15, -0.1) is 0 Å². The Morgan fingerprint density at radius 2 is 0.824 bits per heavy atom. The molecule has 3 nitrogen and oxygen atoms in total. The van der Waals surface area contributed by atoms with Crippen molar-refractivity contribution in [2.24, 2.45) is 0 Å². The first-order valence-electron chi connectivity index (χ1n) is 23.5. The molecule has 0 amide bonds. The first-order valence-corrected chi connectivity index (χ1v) is 23.5. The van der Waals surface area contributed by atoms with E-state index in [4.69, 9.17) is 0 Å². The van der Waals surface area contributed by atoms with E-state index in [9.17, 15) is 0 Å². The minimum atomic E-state index is -0.616. The van der Waals surface area contributed by atoms with Crippen LogP contribution in [0.4, 0.5) is 34.1 Å². The molecule has 1 aromatic heterocycles. The van der Waals surface area contributed by atoms with Gasteiger partial charge in [0.05, 0.1) is 22.1 Å². The molecule has 1 atom stereocenters. The fraction of sp³-hybridized carbons (Fsp3) is 0.0154. The molecule has 1 heterocycles. The fourth-order valence-electron chi connectivity index (χ4n) is 11.8. The molecular weight excluding hydrogens is 823 g/mol. The molecule has 1 spiro atoms. The number of fused-ring (bicyclic) bond motifs is 14. The average Bonchev–Trinajstić information content (AvgIpc) is 4.01. The van der Waals surface area contributed by atoms with Gasteiger partial charge in [-0.05, 0) is 135 Å². The molecule has 0 bridgehead atoms. The zero-order valence-electron chi connectivity index (χ0n) is 37.2. The van der Waals surface area contributed by atoms with Crippen LogP contribution in [0.15, 0.2) is 261 Å². The first-order chi connectivity index (χ1) is 33.8. The molecule has 0 saturated carbocycles. The van der Waals surface area contributed by atoms with Gasteiger partial charge in [0.1, 0.15) is 0 Å². The molecule has 14 rings (SSSR count). The zero-order valence-corrected chi connectivity index (χ0v) is 37.2. The number of nitrogens with zero attached hydrogens (tertiary/aromatic N) is 3. The summed E-state index contributed by atoms with van der Waals surface area (Å²) in [5.74, 6) is 0. The topological polar surface area (TPSA) is 11.4 Å². The molecule has 0 radical (unpaired) electrons. The van der Waals surface area contributed by atoms with Crippen molar-refractivity contribution in [2.75, 3.05) is 9.80 Å². The minimum Gasteiger partial charge on any atom is -0.310 e. The second kappa shape index (κ2) is 15.1. The van der Waals surface area contributed by atoms with E-state index in [1.165, 1.54) is 71.6 Å². The lowest BCUT2D eigenvalue weighted by Crippen LogP contribution is -2.28. The smallest absolute Gasteiger partial charge is 0.0746 e. The highest BCUT2D eigenvalue weighted by molar-refractivity contribution is 6.11. The summed E-state index contributed by atoms with van der Waals surface area (Å²) < 4.78 is 2.43. The van der Waals surface area contributed by atoms with Crippen molar-refractivity contribution >= 4 is 66.7 Å². The molecule has 3 heteroatoms. The van der Waals surface area contributed by atoms with E-state index >= 15 is 0 Å². The monoisotopic (exact) mass is 865 g/mol. The summed E-state index contributed by atoms with van der Waals surface area (Å²) in [6.45, 7) is 0. The van der Waals surface area contributed by atoms with Crippen molar-refractivity contribution in [2.45, 2.75) is 5.41 Å². The summed E-state index contributed by atoms with van der Waals surface area (Å²) in [5, 5.41) is 4.88. The van der Waals surface area contributed by atoms with E-state index in [0.717, 1.165) is 45.3 Å². The van der Waals surface area contributed by atoms with Crippen molar-refractivity contribution in [1.82, 2.24) is 4.57 Å². The summed E-state index contributed by atoms with van der Waals surface area (Å²) in [6, 6.07) is 96.2. The Balaban J connectivity index is 1.06. The quantitative estimate of drug-likeness (QED) is 0.158. The Labute approximate surface area is 395 Å². The first kappa shape index (κ1) is 38.4. The number of benzene rings is 11. The van der Waals surface area contributed by atoms with Gasteiger partial charge in [-0.2, -0.15) is 0 Å². The molecule has 12 aromatic rings. The third-order valence-corrected chi connectivity index (χ3v) is 14.5. The van der Waals surface area contributed by atoms with Crippen molar-refractivity contribution in [3.05, 3.63) is 283 Å². The summed E-state index contributed by atoms with van der Waals surface area (Å²) in [7, 11) is 0. The van der Waals surface area contributed by atoms with E-state index < -0.39 is 5.41 Å². The van der Waals surface area contributed by atoms with Crippen LogP contribution in [0.1, 0.15) is 22.3 Å². The molecule has 68 heavy (non-hydrogen) atoms. The molecule has 1 unspecified atom stereocenters. The van der Waals surface area contributed by atoms with Gasteiger partial charge in [0.15, 0.2) is 0 Å². The van der Waals surface area contributed by atoms with E-state index in [1.807, 2.05) is 0 Å². The Bertz CT molecular complexity index is 3890. The lowest BCUT2D eigenvalue weighted by atomic mass is 9.70. The lowest BCUT2D eigenvalue weighted by Gasteiger charge is -2.36. The molecule has 0 N–H and O–H groups in total. The predicted molar refractivity (Wildman–Crippen MR) is 284 cm³/mol. The van der Waals surface area contributed by atoms with Crippen LogP contribution in [-0.4, -0.2) is 4.57 Å². The molecule has 2 aliphatic rings. The van der Waals surface area contributed by atoms with Crippen molar-refractivity contribution in [1.29, 1.82) is 0 Å². The van der Waals surface area contributed by atoms with Gasteiger partial charge in [0.25, 0.3) is 0 Å². The van der Waals surface area contributed by atoms with Crippen LogP contribution in [-0.2, 0) is 5.41 Å². The molecule has 0 saturated heterocycles. The third-order valence-electron chi connectivity index (χ3n) is 14.5. The van der Waals surface area contributed by atoms with E-state index in [-0.39, 0.29) is 0 Å². The Morgan fingerprint density at radius 3 is 1.57 bits per heavy atom. The maximum absolute atomic E-state index is 2.53. The van der Waals surface area contributed by atoms with Gasteiger partial charge in [0.2, 0.25) is 0 Å². The standard InChI is InChI=1S/C65H43N3/c1-4-21-46(22-5-1)66(47-23-6-2-7-24-47)50-38-40-60-57(42-50)53-28-13-16-32-59(53)65(60)58-31-15-12-27-52(58)56-30-18-34-62(64(56)65)67(49-36-35-44-19-10-11-20-45(44)41-49)51-37-39-55-54-29-14-17-33-61(54)68(63(55)43-51)48-25-8-3-9-26-48/h1-43H. The maximum atomic E-state index is 2.53. The zero-order chi connectivity index (χ0) is 44.8. The second-order valence-electron chi connectivity index (χ2n) is 18.0. The van der Waals surface area contributed by atoms with Crippen LogP contribution in [0.5, 0.6) is 0 Å². The molecule has 318 valence electrons. The number of hydrogen-bond acceptors (Lipinski definition) is 2. The molecule has 2 aliphatic carbocycles. The highest BCUT2D eigenvalue weighted by Gasteiger charge is 2.53. The summed E-state index contributed by atoms with van der Waals surface area (Å²) in [4.78, 5) is 4.91. The molecule has 0 fully saturated rings. The largest absolute Gasteiger partial charge is 0.310 e. The lowest BCUT2D eigenvalue weighted by molar-refractivity contribution is 0.793. The normalized spacial score (nSPS) is 14.2. The Kier molecular flexibility index (Phi) is 8.50. The van der Waals surface area contributed by atoms with Gasteiger partial charge in [-0.1, -0.05) is 176 Å². The van der Waals surface area contributed by atoms with Gasteiger partial charge in [-0.3, -0.25) is 0 Å². The van der Waals surface area contributed by atoms with Gasteiger partial charge >= 0.3 is 0 Å². The molecular formula is C65H43N3. The van der Waals surface area contributed by atoms with Crippen LogP contribution >= 0.6 is 0 Å². The van der Waals surface area contributed by atoms with Crippen molar-refractivity contribution in [3.63, 3.8) is 0 Å². The highest BCUT2D eigenvalue weighted by atomic mass is 15.2. The van der Waals surface area contributed by atoms with Crippen molar-refractivity contribution in [3.8, 4) is 27.9 Å². The van der Waals surface area contributed by atoms with Crippen LogP contribution in [0.3, 0.4) is 0 Å². The number of para-hydroxylation sites is 4. The second-order valence-corrected chi connectivity index (χ2v) is 18.0. The Morgan fingerprint density at radius 1 is 0.294 bits per heavy atom. The van der Waals surface area contributed by atoms with Gasteiger partial charge < -0.3 is 14.4 Å². The van der Waals surface area contributed by atoms with Crippen molar-refractivity contribution < 1.29 is 0 Å². The molecule has 11 aromatic carbocycles. The number of anilines is 6. The highest BCUT2D eigenvalue weighted by Crippen LogP contribution is 2.66. The van der Waals surface area contributed by atoms with E-state index in [0.29, 0.717) is 0 Å². The van der Waals surface area contributed by atoms with E-state index in [2.05, 4.69) is 275 Å². The summed E-state index contributed by atoms with van der Waals surface area (Å²) in [6.07, 6.45) is 0. The molecule has 0 aliphatic heterocycles. The van der Waals surface area contributed by atoms with E-state index in [1.54, 1.807) is 0 Å². The van der Waals surface area contributed by atoms with Gasteiger partial charge in [0, 0.05) is 50.5 Å². The summed E-state index contributed by atoms with van der Waals surface area (Å²) in [5.41, 5.74) is 19.8. The minimum absolute atomic E-state index is 0.616. The average molecular weight is 866 g/mol. The van der Waals surface area contributed by atoms with Crippen LogP contribution in [0.25, 0.3) is 60.5 Å². The van der Waals surface area contributed by atoms with Crippen LogP contribution in [0.2, 0.25) is 0 Å².